The summed E-state index contributed by atoms with van der Waals surface area (Å²) in [6.07, 6.45) is -13.1. The molecule has 0 aliphatic carbocycles. The van der Waals surface area contributed by atoms with Gasteiger partial charge in [0.15, 0.2) is 25.1 Å². The predicted molar refractivity (Wildman–Crippen MR) is 249 cm³/mol. The zero-order chi connectivity index (χ0) is 52.4. The molecule has 3 aromatic rings. The van der Waals surface area contributed by atoms with Gasteiger partial charge < -0.3 is 67.1 Å². The zero-order valence-corrected chi connectivity index (χ0v) is 41.6. The average molecular weight is 1010 g/mol. The molecule has 0 spiro atoms. The van der Waals surface area contributed by atoms with Crippen LogP contribution in [0.1, 0.15) is 57.7 Å². The number of benzene rings is 3. The van der Waals surface area contributed by atoms with Crippen LogP contribution in [0.2, 0.25) is 0 Å². The maximum atomic E-state index is 14.9. The zero-order valence-electron chi connectivity index (χ0n) is 41.6. The van der Waals surface area contributed by atoms with Gasteiger partial charge in [-0.1, -0.05) is 91.0 Å². The Morgan fingerprint density at radius 2 is 1.21 bits per heavy atom. The fourth-order valence-corrected chi connectivity index (χ4v) is 8.04. The molecule has 72 heavy (non-hydrogen) atoms. The number of likely N-dealkylation sites (N-methyl/N-ethyl adjacent to an activating group) is 1. The molecule has 21 nitrogen and oxygen atoms in total. The molecule has 2 heterocycles. The van der Waals surface area contributed by atoms with Crippen LogP contribution in [0.4, 0.5) is 0 Å². The molecule has 392 valence electrons. The number of esters is 5. The van der Waals surface area contributed by atoms with Crippen LogP contribution in [0.3, 0.4) is 0 Å². The molecule has 11 atom stereocenters. The Morgan fingerprint density at radius 1 is 0.681 bits per heavy atom. The minimum absolute atomic E-state index is 0.0227. The Kier molecular flexibility index (Phi) is 21.6. The molecular weight excluding hydrogens is 945 g/mol. The van der Waals surface area contributed by atoms with Crippen LogP contribution in [0.5, 0.6) is 0 Å². The van der Waals surface area contributed by atoms with Gasteiger partial charge in [-0.05, 0) is 16.7 Å². The van der Waals surface area contributed by atoms with E-state index in [9.17, 15) is 33.6 Å². The first-order valence-electron chi connectivity index (χ1n) is 23.2. The van der Waals surface area contributed by atoms with Crippen molar-refractivity contribution >= 4 is 41.7 Å². The number of nitrogens with one attached hydrogen (secondary N) is 1. The van der Waals surface area contributed by atoms with Gasteiger partial charge in [0.2, 0.25) is 5.91 Å². The first-order chi connectivity index (χ1) is 34.4. The van der Waals surface area contributed by atoms with E-state index in [1.54, 1.807) is 0 Å². The molecule has 1 N–H and O–H groups in total. The van der Waals surface area contributed by atoms with Gasteiger partial charge in [0.1, 0.15) is 43.2 Å². The van der Waals surface area contributed by atoms with Gasteiger partial charge in [-0.3, -0.25) is 28.8 Å². The topological polar surface area (TPSA) is 246 Å². The molecule has 0 unspecified atom stereocenters. The van der Waals surface area contributed by atoms with Gasteiger partial charge >= 0.3 is 29.8 Å². The van der Waals surface area contributed by atoms with Crippen molar-refractivity contribution in [3.63, 3.8) is 0 Å². The average Bonchev–Trinajstić information content (AvgIpc) is 3.34. The number of carbonyl (C=O) groups excluding carboxylic acids is 7. The number of hydrogen-bond acceptors (Lipinski definition) is 19. The largest absolute Gasteiger partial charge is 0.462 e. The first-order valence-corrected chi connectivity index (χ1v) is 23.2. The highest BCUT2D eigenvalue weighted by molar-refractivity contribution is 5.83. The number of carbonyl (C=O) groups is 7. The van der Waals surface area contributed by atoms with Crippen LogP contribution in [0.25, 0.3) is 0 Å². The number of methoxy groups -OCH3 is 1. The lowest BCUT2D eigenvalue weighted by atomic mass is 9.87. The number of nitrogens with zero attached hydrogens (tertiary/aromatic N) is 1. The molecule has 21 heteroatoms. The van der Waals surface area contributed by atoms with Crippen molar-refractivity contribution in [2.75, 3.05) is 41.0 Å². The SMILES string of the molecule is CO[C@H]1O[C@H](CO[C@]2(C(=O)OCC(=O)N(C)C)C[C@H](OC(C)=O)[C@@H](NC(C)=O)[C@H]([C@H](OC(C)=O)[C@@H](COC(C)=O)OC(C)=O)O2)[C@H](OCc2ccccc2)[C@H](OCc2ccccc2)[C@H]1OCc1ccccc1. The van der Waals surface area contributed by atoms with Crippen molar-refractivity contribution in [2.24, 2.45) is 0 Å². The van der Waals surface area contributed by atoms with Crippen LogP contribution >= 0.6 is 0 Å². The highest BCUT2D eigenvalue weighted by atomic mass is 16.8. The molecule has 2 aliphatic rings. The van der Waals surface area contributed by atoms with Crippen molar-refractivity contribution in [1.29, 1.82) is 0 Å². The van der Waals surface area contributed by atoms with E-state index in [1.807, 2.05) is 91.0 Å². The molecular formula is C51H64N2O19. The fraction of sp³-hybridized carbons (Fsp3) is 0.510. The van der Waals surface area contributed by atoms with Gasteiger partial charge in [0.05, 0.1) is 38.9 Å². The summed E-state index contributed by atoms with van der Waals surface area (Å²) in [4.78, 5) is 92.5. The molecule has 0 aromatic heterocycles. The summed E-state index contributed by atoms with van der Waals surface area (Å²) in [5.41, 5.74) is 2.44. The van der Waals surface area contributed by atoms with Gasteiger partial charge in [0, 0.05) is 55.8 Å². The Morgan fingerprint density at radius 3 is 1.68 bits per heavy atom. The van der Waals surface area contributed by atoms with E-state index < -0.39 is 135 Å². The molecule has 0 radical (unpaired) electrons. The summed E-state index contributed by atoms with van der Waals surface area (Å²) in [5.74, 6) is -9.04. The fourth-order valence-electron chi connectivity index (χ4n) is 8.04. The lowest BCUT2D eigenvalue weighted by Crippen LogP contribution is -2.70. The summed E-state index contributed by atoms with van der Waals surface area (Å²) >= 11 is 0. The number of ether oxygens (including phenoxy) is 12. The van der Waals surface area contributed by atoms with Crippen LogP contribution in [0, 0.1) is 0 Å². The minimum atomic E-state index is -2.75. The second-order valence-corrected chi connectivity index (χ2v) is 17.2. The summed E-state index contributed by atoms with van der Waals surface area (Å²) < 4.78 is 73.6. The molecule has 5 rings (SSSR count). The molecule has 2 amide bonds. The summed E-state index contributed by atoms with van der Waals surface area (Å²) in [5, 5.41) is 2.64. The van der Waals surface area contributed by atoms with Gasteiger partial charge in [-0.15, -0.1) is 0 Å². The third kappa shape index (κ3) is 16.6. The van der Waals surface area contributed by atoms with E-state index in [1.165, 1.54) is 21.2 Å². The van der Waals surface area contributed by atoms with Gasteiger partial charge in [0.25, 0.3) is 11.7 Å². The summed E-state index contributed by atoms with van der Waals surface area (Å²) in [6.45, 7) is 3.37. The Labute approximate surface area is 417 Å². The Balaban J connectivity index is 1.66. The van der Waals surface area contributed by atoms with E-state index >= 15 is 0 Å². The summed E-state index contributed by atoms with van der Waals surface area (Å²) in [6, 6.07) is 26.5. The van der Waals surface area contributed by atoms with E-state index in [0.717, 1.165) is 56.2 Å². The maximum Gasteiger partial charge on any atom is 0.367 e. The highest BCUT2D eigenvalue weighted by Crippen LogP contribution is 2.39. The maximum absolute atomic E-state index is 14.9. The number of amides is 2. The molecule has 2 saturated heterocycles. The van der Waals surface area contributed by atoms with Crippen LogP contribution in [0.15, 0.2) is 91.0 Å². The van der Waals surface area contributed by atoms with E-state index in [4.69, 9.17) is 56.8 Å². The number of hydrogen-bond donors (Lipinski definition) is 1. The number of rotatable bonds is 24. The van der Waals surface area contributed by atoms with Crippen molar-refractivity contribution in [3.05, 3.63) is 108 Å². The third-order valence-corrected chi connectivity index (χ3v) is 11.3. The van der Waals surface area contributed by atoms with E-state index in [-0.39, 0.29) is 19.8 Å². The molecule has 2 fully saturated rings. The van der Waals surface area contributed by atoms with E-state index in [2.05, 4.69) is 5.32 Å². The molecule has 2 aliphatic heterocycles. The first kappa shape index (κ1) is 56.6. The highest BCUT2D eigenvalue weighted by Gasteiger charge is 2.60. The molecule has 3 aromatic carbocycles. The lowest BCUT2D eigenvalue weighted by molar-refractivity contribution is -0.348. The van der Waals surface area contributed by atoms with Crippen molar-refractivity contribution in [1.82, 2.24) is 10.2 Å². The van der Waals surface area contributed by atoms with Gasteiger partial charge in [-0.2, -0.15) is 0 Å². The summed E-state index contributed by atoms with van der Waals surface area (Å²) in [7, 11) is 4.27. The normalized spacial score (nSPS) is 24.6. The van der Waals surface area contributed by atoms with Crippen molar-refractivity contribution in [3.8, 4) is 0 Å². The standard InChI is InChI=1S/C51H64N2O19/c1-31(54)52-43-39(68-33(3)56)24-51(50(60)66-30-42(59)53(6)7,72-46(43)45(70-35(5)58)40(69-34(4)57)28-62-32(2)55)67-29-41-44(63-25-36-18-12-9-13-19-36)47(64-26-37-20-14-10-15-21-37)48(49(61-8)71-41)65-27-38-22-16-11-17-23-38/h9-23,39-41,43-49H,24-30H2,1-8H3,(H,52,54)/t39-,40+,41+,43+,44-,45+,46+,47-,48+,49-,51+/m0/s1. The third-order valence-electron chi connectivity index (χ3n) is 11.3. The second-order valence-electron chi connectivity index (χ2n) is 17.2. The van der Waals surface area contributed by atoms with Crippen LogP contribution in [-0.2, 0) is 110 Å². The van der Waals surface area contributed by atoms with Gasteiger partial charge in [-0.25, -0.2) is 4.79 Å². The Hall–Kier alpha value is -6.33. The molecule has 0 bridgehead atoms. The van der Waals surface area contributed by atoms with Crippen LogP contribution in [-0.4, -0.2) is 155 Å². The minimum Gasteiger partial charge on any atom is -0.462 e. The second kappa shape index (κ2) is 27.5. The quantitative estimate of drug-likeness (QED) is 0.100. The van der Waals surface area contributed by atoms with E-state index in [0.29, 0.717) is 0 Å². The lowest BCUT2D eigenvalue weighted by Gasteiger charge is -2.49. The molecule has 0 saturated carbocycles. The van der Waals surface area contributed by atoms with Crippen LogP contribution < -0.4 is 5.32 Å². The monoisotopic (exact) mass is 1010 g/mol. The Bertz CT molecular complexity index is 2250. The van der Waals surface area contributed by atoms with Crippen molar-refractivity contribution < 1.29 is 90.4 Å². The van der Waals surface area contributed by atoms with Crippen molar-refractivity contribution in [2.45, 2.75) is 128 Å². The smallest absolute Gasteiger partial charge is 0.367 e. The predicted octanol–water partition coefficient (Wildman–Crippen LogP) is 3.11.